The van der Waals surface area contributed by atoms with Crippen LogP contribution in [0.2, 0.25) is 0 Å². The lowest BCUT2D eigenvalue weighted by Crippen LogP contribution is -2.17. The monoisotopic (exact) mass is 247 g/mol. The number of amides is 1. The van der Waals surface area contributed by atoms with E-state index in [1.54, 1.807) is 18.2 Å². The zero-order valence-corrected chi connectivity index (χ0v) is 9.57. The van der Waals surface area contributed by atoms with Crippen LogP contribution in [0.15, 0.2) is 46.1 Å². The number of anilines is 1. The molecule has 0 saturated carbocycles. The molecular weight excluding hydrogens is 238 g/mol. The molecule has 17 heavy (non-hydrogen) atoms. The number of aromatic amines is 1. The van der Waals surface area contributed by atoms with E-state index >= 15 is 0 Å². The van der Waals surface area contributed by atoms with Gasteiger partial charge in [0.15, 0.2) is 0 Å². The normalized spacial score (nSPS) is 9.94. The lowest BCUT2D eigenvalue weighted by atomic mass is 10.3. The largest absolute Gasteiger partial charge is 0.320 e. The number of rotatable bonds is 2. The summed E-state index contributed by atoms with van der Waals surface area (Å²) in [7, 11) is 0. The first-order valence-electron chi connectivity index (χ1n) is 4.82. The Labute approximate surface area is 102 Å². The smallest absolute Gasteiger partial charge is 0.276 e. The maximum absolute atomic E-state index is 11.7. The standard InChI is InChI=1S/C11H9N3O2S/c15-10-6-5-8(13-14-10)11(16)12-7-3-1-2-4-9(7)17/h1-6,17H,(H,12,16)(H,14,15). The number of H-pyrrole nitrogens is 1. The van der Waals surface area contributed by atoms with Gasteiger partial charge in [0.25, 0.3) is 11.5 Å². The van der Waals surface area contributed by atoms with Crippen molar-refractivity contribution in [2.24, 2.45) is 0 Å². The van der Waals surface area contributed by atoms with Crippen LogP contribution in [0.25, 0.3) is 0 Å². The molecule has 1 aromatic carbocycles. The maximum Gasteiger partial charge on any atom is 0.276 e. The summed E-state index contributed by atoms with van der Waals surface area (Å²) in [5.74, 6) is -0.400. The molecular formula is C11H9N3O2S. The number of hydrogen-bond acceptors (Lipinski definition) is 4. The summed E-state index contributed by atoms with van der Waals surface area (Å²) in [4.78, 5) is 23.2. The van der Waals surface area contributed by atoms with Crippen molar-refractivity contribution in [3.05, 3.63) is 52.4 Å². The first kappa shape index (κ1) is 11.4. The van der Waals surface area contributed by atoms with Gasteiger partial charge < -0.3 is 5.32 Å². The molecule has 6 heteroatoms. The van der Waals surface area contributed by atoms with E-state index in [0.717, 1.165) is 0 Å². The van der Waals surface area contributed by atoms with Crippen molar-refractivity contribution in [3.8, 4) is 0 Å². The molecule has 0 aliphatic rings. The van der Waals surface area contributed by atoms with Gasteiger partial charge in [-0.05, 0) is 18.2 Å². The third-order valence-electron chi connectivity index (χ3n) is 2.06. The Balaban J connectivity index is 2.20. The van der Waals surface area contributed by atoms with E-state index in [9.17, 15) is 9.59 Å². The average Bonchev–Trinajstić information content (AvgIpc) is 2.33. The zero-order chi connectivity index (χ0) is 12.3. The van der Waals surface area contributed by atoms with Crippen molar-refractivity contribution in [1.29, 1.82) is 0 Å². The van der Waals surface area contributed by atoms with Crippen molar-refractivity contribution in [3.63, 3.8) is 0 Å². The number of nitrogens with zero attached hydrogens (tertiary/aromatic N) is 1. The molecule has 0 radical (unpaired) electrons. The van der Waals surface area contributed by atoms with Crippen LogP contribution < -0.4 is 10.9 Å². The molecule has 0 saturated heterocycles. The topological polar surface area (TPSA) is 74.8 Å². The molecule has 0 aliphatic heterocycles. The number of carbonyl (C=O) groups is 1. The van der Waals surface area contributed by atoms with Gasteiger partial charge in [0.1, 0.15) is 5.69 Å². The van der Waals surface area contributed by atoms with Crippen molar-refractivity contribution in [1.82, 2.24) is 10.2 Å². The Morgan fingerprint density at radius 3 is 2.65 bits per heavy atom. The van der Waals surface area contributed by atoms with Crippen LogP contribution >= 0.6 is 12.6 Å². The molecule has 0 aliphatic carbocycles. The van der Waals surface area contributed by atoms with Crippen LogP contribution in [0.5, 0.6) is 0 Å². The SMILES string of the molecule is O=C(Nc1ccccc1S)c1ccc(=O)[nH]n1. The van der Waals surface area contributed by atoms with Gasteiger partial charge in [-0.25, -0.2) is 5.10 Å². The molecule has 1 heterocycles. The summed E-state index contributed by atoms with van der Waals surface area (Å²) in [6.45, 7) is 0. The molecule has 1 aromatic heterocycles. The minimum Gasteiger partial charge on any atom is -0.320 e. The fraction of sp³-hybridized carbons (Fsp3) is 0. The van der Waals surface area contributed by atoms with E-state index in [1.807, 2.05) is 6.07 Å². The second-order valence-electron chi connectivity index (χ2n) is 3.28. The highest BCUT2D eigenvalue weighted by Gasteiger charge is 2.08. The Bertz CT molecular complexity index is 589. The van der Waals surface area contributed by atoms with Gasteiger partial charge in [-0.2, -0.15) is 5.10 Å². The molecule has 5 nitrogen and oxygen atoms in total. The van der Waals surface area contributed by atoms with E-state index in [2.05, 4.69) is 28.1 Å². The molecule has 0 bridgehead atoms. The summed E-state index contributed by atoms with van der Waals surface area (Å²) in [6.07, 6.45) is 0. The van der Waals surface area contributed by atoms with Crippen LogP contribution in [0.3, 0.4) is 0 Å². The molecule has 0 spiro atoms. The summed E-state index contributed by atoms with van der Waals surface area (Å²) < 4.78 is 0. The zero-order valence-electron chi connectivity index (χ0n) is 8.68. The van der Waals surface area contributed by atoms with Crippen LogP contribution in [0.4, 0.5) is 5.69 Å². The number of nitrogens with one attached hydrogen (secondary N) is 2. The maximum atomic E-state index is 11.7. The van der Waals surface area contributed by atoms with E-state index < -0.39 is 5.91 Å². The molecule has 2 aromatic rings. The highest BCUT2D eigenvalue weighted by molar-refractivity contribution is 7.80. The van der Waals surface area contributed by atoms with Crippen molar-refractivity contribution < 1.29 is 4.79 Å². The summed E-state index contributed by atoms with van der Waals surface area (Å²) in [5.41, 5.74) is 0.381. The highest BCUT2D eigenvalue weighted by atomic mass is 32.1. The van der Waals surface area contributed by atoms with Crippen molar-refractivity contribution in [2.75, 3.05) is 5.32 Å². The fourth-order valence-corrected chi connectivity index (χ4v) is 1.45. The lowest BCUT2D eigenvalue weighted by Gasteiger charge is -2.06. The van der Waals surface area contributed by atoms with E-state index in [-0.39, 0.29) is 11.3 Å². The summed E-state index contributed by atoms with van der Waals surface area (Å²) >= 11 is 4.21. The second-order valence-corrected chi connectivity index (χ2v) is 3.76. The Morgan fingerprint density at radius 1 is 1.24 bits per heavy atom. The predicted octanol–water partition coefficient (Wildman–Crippen LogP) is 1.31. The van der Waals surface area contributed by atoms with E-state index in [1.165, 1.54) is 12.1 Å². The first-order chi connectivity index (χ1) is 8.16. The molecule has 0 fully saturated rings. The van der Waals surface area contributed by atoms with Gasteiger partial charge in [-0.3, -0.25) is 9.59 Å². The number of hydrogen-bond donors (Lipinski definition) is 3. The minimum absolute atomic E-state index is 0.140. The Hall–Kier alpha value is -2.08. The van der Waals surface area contributed by atoms with Crippen LogP contribution in [0, 0.1) is 0 Å². The molecule has 1 amide bonds. The lowest BCUT2D eigenvalue weighted by molar-refractivity contribution is 0.102. The molecule has 0 atom stereocenters. The second kappa shape index (κ2) is 4.84. The van der Waals surface area contributed by atoms with Gasteiger partial charge in [-0.1, -0.05) is 12.1 Å². The number of aromatic nitrogens is 2. The Kier molecular flexibility index (Phi) is 3.24. The third kappa shape index (κ3) is 2.73. The quantitative estimate of drug-likeness (QED) is 0.700. The number of para-hydroxylation sites is 1. The average molecular weight is 247 g/mol. The van der Waals surface area contributed by atoms with Gasteiger partial charge in [0, 0.05) is 11.0 Å². The number of thiol groups is 1. The van der Waals surface area contributed by atoms with Gasteiger partial charge in [0.2, 0.25) is 0 Å². The van der Waals surface area contributed by atoms with Crippen LogP contribution in [0.1, 0.15) is 10.5 Å². The highest BCUT2D eigenvalue weighted by Crippen LogP contribution is 2.18. The van der Waals surface area contributed by atoms with Gasteiger partial charge in [0.05, 0.1) is 5.69 Å². The van der Waals surface area contributed by atoms with Crippen molar-refractivity contribution >= 4 is 24.2 Å². The molecule has 2 N–H and O–H groups in total. The third-order valence-corrected chi connectivity index (χ3v) is 2.45. The van der Waals surface area contributed by atoms with Gasteiger partial charge >= 0.3 is 0 Å². The molecule has 2 rings (SSSR count). The van der Waals surface area contributed by atoms with E-state index in [0.29, 0.717) is 10.6 Å². The number of benzene rings is 1. The number of carbonyl (C=O) groups excluding carboxylic acids is 1. The summed E-state index contributed by atoms with van der Waals surface area (Å²) in [6, 6.07) is 9.70. The van der Waals surface area contributed by atoms with Crippen LogP contribution in [-0.2, 0) is 0 Å². The minimum atomic E-state index is -0.400. The van der Waals surface area contributed by atoms with Gasteiger partial charge in [-0.15, -0.1) is 12.6 Å². The van der Waals surface area contributed by atoms with Crippen LogP contribution in [-0.4, -0.2) is 16.1 Å². The van der Waals surface area contributed by atoms with E-state index in [4.69, 9.17) is 0 Å². The first-order valence-corrected chi connectivity index (χ1v) is 5.26. The molecule has 0 unspecified atom stereocenters. The fourth-order valence-electron chi connectivity index (χ4n) is 1.24. The predicted molar refractivity (Wildman–Crippen MR) is 66.5 cm³/mol. The van der Waals surface area contributed by atoms with Crippen molar-refractivity contribution in [2.45, 2.75) is 4.90 Å². The molecule has 86 valence electrons. The Morgan fingerprint density at radius 2 is 2.00 bits per heavy atom. The summed E-state index contributed by atoms with van der Waals surface area (Å²) in [5, 5.41) is 8.47.